The number of thioether (sulfide) groups is 1. The Balaban J connectivity index is 1.49. The summed E-state index contributed by atoms with van der Waals surface area (Å²) in [6.07, 6.45) is 6.93. The zero-order valence-corrected chi connectivity index (χ0v) is 17.8. The normalized spacial score (nSPS) is 11.9. The number of rotatable bonds is 9. The Hall–Kier alpha value is -3.59. The molecule has 1 aromatic carbocycles. The third-order valence-electron chi connectivity index (χ3n) is 4.66. The van der Waals surface area contributed by atoms with Crippen LogP contribution in [0.25, 0.3) is 11.6 Å². The SMILES string of the molecule is C=CCn1c(SCC(=O)N[C@H](c2ccccc2)c2nccn2C)nnc1-c1ccco1. The Kier molecular flexibility index (Phi) is 6.32. The molecule has 4 aromatic rings. The molecule has 0 saturated carbocycles. The molecule has 158 valence electrons. The molecule has 0 aliphatic carbocycles. The van der Waals surface area contributed by atoms with Gasteiger partial charge in [-0.3, -0.25) is 9.36 Å². The maximum atomic E-state index is 12.8. The van der Waals surface area contributed by atoms with Crippen molar-refractivity contribution in [1.82, 2.24) is 29.6 Å². The first-order valence-electron chi connectivity index (χ1n) is 9.69. The molecule has 0 unspecified atom stereocenters. The van der Waals surface area contributed by atoms with Crippen LogP contribution >= 0.6 is 11.8 Å². The number of amides is 1. The van der Waals surface area contributed by atoms with E-state index >= 15 is 0 Å². The Morgan fingerprint density at radius 1 is 1.26 bits per heavy atom. The number of furan rings is 1. The van der Waals surface area contributed by atoms with Crippen molar-refractivity contribution in [3.05, 3.63) is 85.2 Å². The van der Waals surface area contributed by atoms with Crippen LogP contribution in [-0.2, 0) is 18.4 Å². The molecule has 1 amide bonds. The summed E-state index contributed by atoms with van der Waals surface area (Å²) < 4.78 is 9.22. The number of allylic oxidation sites excluding steroid dienone is 1. The number of carbonyl (C=O) groups excluding carboxylic acids is 1. The lowest BCUT2D eigenvalue weighted by molar-refractivity contribution is -0.119. The van der Waals surface area contributed by atoms with Crippen molar-refractivity contribution in [2.24, 2.45) is 7.05 Å². The van der Waals surface area contributed by atoms with Gasteiger partial charge in [-0.2, -0.15) is 0 Å². The van der Waals surface area contributed by atoms with Gasteiger partial charge in [-0.15, -0.1) is 16.8 Å². The first-order valence-corrected chi connectivity index (χ1v) is 10.7. The lowest BCUT2D eigenvalue weighted by Crippen LogP contribution is -2.32. The number of aromatic nitrogens is 5. The number of nitrogens with zero attached hydrogens (tertiary/aromatic N) is 5. The highest BCUT2D eigenvalue weighted by Gasteiger charge is 2.22. The fraction of sp³-hybridized carbons (Fsp3) is 0.182. The van der Waals surface area contributed by atoms with Crippen LogP contribution in [0, 0.1) is 0 Å². The van der Waals surface area contributed by atoms with E-state index in [9.17, 15) is 4.79 Å². The van der Waals surface area contributed by atoms with Crippen LogP contribution in [0.2, 0.25) is 0 Å². The minimum atomic E-state index is -0.348. The number of nitrogens with one attached hydrogen (secondary N) is 1. The number of hydrogen-bond donors (Lipinski definition) is 1. The molecule has 1 atom stereocenters. The second kappa shape index (κ2) is 9.48. The van der Waals surface area contributed by atoms with E-state index < -0.39 is 0 Å². The highest BCUT2D eigenvalue weighted by atomic mass is 32.2. The zero-order chi connectivity index (χ0) is 21.6. The van der Waals surface area contributed by atoms with Crippen molar-refractivity contribution in [3.8, 4) is 11.6 Å². The predicted octanol–water partition coefficient (Wildman–Crippen LogP) is 3.46. The van der Waals surface area contributed by atoms with E-state index in [1.54, 1.807) is 24.6 Å². The zero-order valence-electron chi connectivity index (χ0n) is 17.0. The molecule has 0 aliphatic rings. The third kappa shape index (κ3) is 4.61. The van der Waals surface area contributed by atoms with Crippen LogP contribution in [0.5, 0.6) is 0 Å². The summed E-state index contributed by atoms with van der Waals surface area (Å²) in [6.45, 7) is 4.31. The van der Waals surface area contributed by atoms with Gasteiger partial charge in [0.15, 0.2) is 10.9 Å². The van der Waals surface area contributed by atoms with Crippen LogP contribution in [0.3, 0.4) is 0 Å². The van der Waals surface area contributed by atoms with E-state index in [0.717, 1.165) is 11.4 Å². The molecular weight excluding hydrogens is 412 g/mol. The molecule has 9 heteroatoms. The smallest absolute Gasteiger partial charge is 0.231 e. The fourth-order valence-electron chi connectivity index (χ4n) is 3.21. The second-order valence-corrected chi connectivity index (χ2v) is 7.72. The van der Waals surface area contributed by atoms with Crippen molar-refractivity contribution in [2.45, 2.75) is 17.7 Å². The summed E-state index contributed by atoms with van der Waals surface area (Å²) in [5.41, 5.74) is 0.963. The topological polar surface area (TPSA) is 90.8 Å². The maximum absolute atomic E-state index is 12.8. The monoisotopic (exact) mass is 434 g/mol. The Labute approximate surface area is 184 Å². The summed E-state index contributed by atoms with van der Waals surface area (Å²) >= 11 is 1.31. The van der Waals surface area contributed by atoms with Gasteiger partial charge in [0.2, 0.25) is 11.7 Å². The Morgan fingerprint density at radius 3 is 2.77 bits per heavy atom. The summed E-state index contributed by atoms with van der Waals surface area (Å²) in [6, 6.07) is 13.1. The summed E-state index contributed by atoms with van der Waals surface area (Å²) in [5, 5.41) is 12.2. The molecule has 31 heavy (non-hydrogen) atoms. The van der Waals surface area contributed by atoms with Crippen molar-refractivity contribution < 1.29 is 9.21 Å². The summed E-state index contributed by atoms with van der Waals surface area (Å²) in [7, 11) is 1.91. The molecular formula is C22H22N6O2S. The summed E-state index contributed by atoms with van der Waals surface area (Å²) in [4.78, 5) is 17.3. The minimum absolute atomic E-state index is 0.130. The third-order valence-corrected chi connectivity index (χ3v) is 5.62. The number of benzene rings is 1. The molecule has 0 bridgehead atoms. The molecule has 0 fully saturated rings. The van der Waals surface area contributed by atoms with E-state index in [4.69, 9.17) is 4.42 Å². The van der Waals surface area contributed by atoms with Crippen LogP contribution in [0.4, 0.5) is 0 Å². The van der Waals surface area contributed by atoms with E-state index in [-0.39, 0.29) is 17.7 Å². The molecule has 4 rings (SSSR count). The average molecular weight is 435 g/mol. The quantitative estimate of drug-likeness (QED) is 0.320. The molecule has 3 aromatic heterocycles. The first-order chi connectivity index (χ1) is 15.2. The standard InChI is InChI=1S/C22H22N6O2S/c1-3-12-28-20(17-10-7-14-30-17)25-26-22(28)31-15-18(29)24-19(16-8-5-4-6-9-16)21-23-11-13-27(21)2/h3-11,13-14,19H,1,12,15H2,2H3,(H,24,29)/t19-/m1/s1. The van der Waals surface area contributed by atoms with Crippen LogP contribution < -0.4 is 5.32 Å². The largest absolute Gasteiger partial charge is 0.461 e. The lowest BCUT2D eigenvalue weighted by Gasteiger charge is -2.19. The highest BCUT2D eigenvalue weighted by Crippen LogP contribution is 2.25. The van der Waals surface area contributed by atoms with E-state index in [1.165, 1.54) is 11.8 Å². The van der Waals surface area contributed by atoms with Gasteiger partial charge in [0.1, 0.15) is 11.9 Å². The van der Waals surface area contributed by atoms with Crippen LogP contribution in [-0.4, -0.2) is 36.0 Å². The van der Waals surface area contributed by atoms with E-state index in [0.29, 0.717) is 23.3 Å². The van der Waals surface area contributed by atoms with E-state index in [1.807, 2.05) is 58.8 Å². The Bertz CT molecular complexity index is 1150. The molecule has 0 spiro atoms. The van der Waals surface area contributed by atoms with Gasteiger partial charge in [0.25, 0.3) is 0 Å². The Morgan fingerprint density at radius 2 is 2.10 bits per heavy atom. The van der Waals surface area contributed by atoms with Gasteiger partial charge >= 0.3 is 0 Å². The summed E-state index contributed by atoms with van der Waals surface area (Å²) in [5.74, 6) is 2.03. The number of hydrogen-bond acceptors (Lipinski definition) is 6. The van der Waals surface area contributed by atoms with Gasteiger partial charge < -0.3 is 14.3 Å². The van der Waals surface area contributed by atoms with Gasteiger partial charge in [-0.1, -0.05) is 48.2 Å². The van der Waals surface area contributed by atoms with Gasteiger partial charge in [-0.05, 0) is 17.7 Å². The van der Waals surface area contributed by atoms with Gasteiger partial charge in [0.05, 0.1) is 12.0 Å². The van der Waals surface area contributed by atoms with Crippen molar-refractivity contribution in [3.63, 3.8) is 0 Å². The average Bonchev–Trinajstić information content (AvgIpc) is 3.53. The molecule has 0 aliphatic heterocycles. The van der Waals surface area contributed by atoms with Crippen molar-refractivity contribution in [1.29, 1.82) is 0 Å². The first kappa shape index (κ1) is 20.7. The lowest BCUT2D eigenvalue weighted by atomic mass is 10.1. The molecule has 8 nitrogen and oxygen atoms in total. The van der Waals surface area contributed by atoms with Gasteiger partial charge in [0, 0.05) is 26.0 Å². The maximum Gasteiger partial charge on any atom is 0.231 e. The minimum Gasteiger partial charge on any atom is -0.461 e. The molecule has 0 radical (unpaired) electrons. The van der Waals surface area contributed by atoms with Crippen LogP contribution in [0.1, 0.15) is 17.4 Å². The molecule has 1 N–H and O–H groups in total. The number of imidazole rings is 1. The predicted molar refractivity (Wildman–Crippen MR) is 118 cm³/mol. The molecule has 3 heterocycles. The van der Waals surface area contributed by atoms with E-state index in [2.05, 4.69) is 27.1 Å². The number of aryl methyl sites for hydroxylation is 1. The number of carbonyl (C=O) groups is 1. The van der Waals surface area contributed by atoms with Gasteiger partial charge in [-0.25, -0.2) is 4.98 Å². The fourth-order valence-corrected chi connectivity index (χ4v) is 3.97. The highest BCUT2D eigenvalue weighted by molar-refractivity contribution is 7.99. The second-order valence-electron chi connectivity index (χ2n) is 6.78. The van der Waals surface area contributed by atoms with Crippen LogP contribution in [0.15, 0.2) is 83.3 Å². The van der Waals surface area contributed by atoms with Crippen molar-refractivity contribution in [2.75, 3.05) is 5.75 Å². The van der Waals surface area contributed by atoms with Crippen molar-refractivity contribution >= 4 is 17.7 Å². The molecule has 0 saturated heterocycles.